The molecule has 0 aliphatic rings. The van der Waals surface area contributed by atoms with Gasteiger partial charge in [0.2, 0.25) is 5.91 Å². The van der Waals surface area contributed by atoms with Gasteiger partial charge in [0, 0.05) is 6.54 Å². The molecule has 0 aliphatic carbocycles. The molecule has 1 unspecified atom stereocenters. The molecular formula is C10H21NOS2. The Bertz CT molecular complexity index is 153. The maximum atomic E-state index is 11.4. The summed E-state index contributed by atoms with van der Waals surface area (Å²) in [6.45, 7) is 2.83. The van der Waals surface area contributed by atoms with Crippen molar-refractivity contribution in [2.75, 3.05) is 12.3 Å². The van der Waals surface area contributed by atoms with Crippen LogP contribution in [0.4, 0.5) is 0 Å². The first-order valence-corrected chi connectivity index (χ1v) is 6.43. The SMILES string of the molecule is CCCC(S)C(=O)NCCCCCS. The van der Waals surface area contributed by atoms with Crippen LogP contribution >= 0.6 is 25.3 Å². The molecular weight excluding hydrogens is 214 g/mol. The molecule has 0 fully saturated rings. The van der Waals surface area contributed by atoms with Crippen LogP contribution in [0.15, 0.2) is 0 Å². The van der Waals surface area contributed by atoms with Crippen molar-refractivity contribution in [3.63, 3.8) is 0 Å². The number of hydrogen-bond donors (Lipinski definition) is 3. The second-order valence-corrected chi connectivity index (χ2v) is 4.45. The number of carbonyl (C=O) groups is 1. The molecule has 0 bridgehead atoms. The fraction of sp³-hybridized carbons (Fsp3) is 0.900. The molecule has 0 aromatic rings. The van der Waals surface area contributed by atoms with Crippen LogP contribution in [0.2, 0.25) is 0 Å². The van der Waals surface area contributed by atoms with E-state index in [4.69, 9.17) is 0 Å². The largest absolute Gasteiger partial charge is 0.355 e. The van der Waals surface area contributed by atoms with E-state index in [9.17, 15) is 4.79 Å². The van der Waals surface area contributed by atoms with Gasteiger partial charge in [0.05, 0.1) is 5.25 Å². The molecule has 4 heteroatoms. The van der Waals surface area contributed by atoms with Crippen LogP contribution in [-0.2, 0) is 4.79 Å². The number of hydrogen-bond acceptors (Lipinski definition) is 3. The van der Waals surface area contributed by atoms with Gasteiger partial charge in [0.1, 0.15) is 0 Å². The summed E-state index contributed by atoms with van der Waals surface area (Å²) in [6, 6.07) is 0. The molecule has 0 aromatic heterocycles. The van der Waals surface area contributed by atoms with Gasteiger partial charge in [-0.1, -0.05) is 19.8 Å². The van der Waals surface area contributed by atoms with Gasteiger partial charge in [-0.15, -0.1) is 0 Å². The first kappa shape index (κ1) is 14.2. The Balaban J connectivity index is 3.34. The molecule has 0 radical (unpaired) electrons. The Kier molecular flexibility index (Phi) is 9.83. The second kappa shape index (κ2) is 9.71. The third kappa shape index (κ3) is 7.56. The van der Waals surface area contributed by atoms with Crippen LogP contribution in [0.3, 0.4) is 0 Å². The van der Waals surface area contributed by atoms with Gasteiger partial charge in [0.15, 0.2) is 0 Å². The zero-order chi connectivity index (χ0) is 10.8. The van der Waals surface area contributed by atoms with Crippen LogP contribution in [0.25, 0.3) is 0 Å². The van der Waals surface area contributed by atoms with E-state index in [-0.39, 0.29) is 11.2 Å². The molecule has 2 nitrogen and oxygen atoms in total. The highest BCUT2D eigenvalue weighted by atomic mass is 32.1. The average Bonchev–Trinajstić information content (AvgIpc) is 2.17. The van der Waals surface area contributed by atoms with E-state index < -0.39 is 0 Å². The lowest BCUT2D eigenvalue weighted by Crippen LogP contribution is -2.32. The number of thiol groups is 2. The Hall–Kier alpha value is 0.170. The van der Waals surface area contributed by atoms with Gasteiger partial charge in [-0.3, -0.25) is 4.79 Å². The standard InChI is InChI=1S/C10H21NOS2/c1-2-6-9(14)10(12)11-7-4-3-5-8-13/h9,13-14H,2-8H2,1H3,(H,11,12). The third-order valence-corrected chi connectivity index (χ3v) is 2.81. The lowest BCUT2D eigenvalue weighted by Gasteiger charge is -2.09. The minimum Gasteiger partial charge on any atom is -0.355 e. The predicted octanol–water partition coefficient (Wildman–Crippen LogP) is 2.30. The molecule has 0 heterocycles. The van der Waals surface area contributed by atoms with Gasteiger partial charge in [-0.2, -0.15) is 25.3 Å². The topological polar surface area (TPSA) is 29.1 Å². The monoisotopic (exact) mass is 235 g/mol. The molecule has 14 heavy (non-hydrogen) atoms. The molecule has 0 spiro atoms. The van der Waals surface area contributed by atoms with E-state index in [1.54, 1.807) is 0 Å². The fourth-order valence-electron chi connectivity index (χ4n) is 1.15. The number of unbranched alkanes of at least 4 members (excludes halogenated alkanes) is 2. The van der Waals surface area contributed by atoms with Crippen LogP contribution < -0.4 is 5.32 Å². The molecule has 84 valence electrons. The smallest absolute Gasteiger partial charge is 0.232 e. The van der Waals surface area contributed by atoms with Crippen LogP contribution in [0.1, 0.15) is 39.0 Å². The van der Waals surface area contributed by atoms with Crippen molar-refractivity contribution in [1.29, 1.82) is 0 Å². The highest BCUT2D eigenvalue weighted by Gasteiger charge is 2.10. The highest BCUT2D eigenvalue weighted by Crippen LogP contribution is 2.04. The summed E-state index contributed by atoms with van der Waals surface area (Å²) in [5.41, 5.74) is 0. The number of amides is 1. The first-order chi connectivity index (χ1) is 6.72. The van der Waals surface area contributed by atoms with Crippen molar-refractivity contribution in [1.82, 2.24) is 5.32 Å². The van der Waals surface area contributed by atoms with Crippen molar-refractivity contribution in [3.05, 3.63) is 0 Å². The first-order valence-electron chi connectivity index (χ1n) is 5.29. The zero-order valence-corrected chi connectivity index (χ0v) is 10.6. The van der Waals surface area contributed by atoms with E-state index in [0.29, 0.717) is 0 Å². The van der Waals surface area contributed by atoms with Gasteiger partial charge in [-0.25, -0.2) is 0 Å². The highest BCUT2D eigenvalue weighted by molar-refractivity contribution is 7.81. The van der Waals surface area contributed by atoms with Crippen molar-refractivity contribution >= 4 is 31.2 Å². The van der Waals surface area contributed by atoms with Crippen molar-refractivity contribution in [2.45, 2.75) is 44.3 Å². The summed E-state index contributed by atoms with van der Waals surface area (Å²) in [4.78, 5) is 11.4. The molecule has 1 atom stereocenters. The fourth-order valence-corrected chi connectivity index (χ4v) is 1.72. The van der Waals surface area contributed by atoms with Crippen molar-refractivity contribution < 1.29 is 4.79 Å². The minimum absolute atomic E-state index is 0.0704. The molecule has 0 saturated carbocycles. The minimum atomic E-state index is -0.134. The van der Waals surface area contributed by atoms with Gasteiger partial charge in [-0.05, 0) is 25.0 Å². The van der Waals surface area contributed by atoms with Gasteiger partial charge < -0.3 is 5.32 Å². The van der Waals surface area contributed by atoms with Crippen molar-refractivity contribution in [2.24, 2.45) is 0 Å². The Labute approximate surface area is 98.0 Å². The van der Waals surface area contributed by atoms with Gasteiger partial charge in [0.25, 0.3) is 0 Å². The number of rotatable bonds is 8. The van der Waals surface area contributed by atoms with E-state index >= 15 is 0 Å². The van der Waals surface area contributed by atoms with Crippen LogP contribution in [-0.4, -0.2) is 23.5 Å². The van der Waals surface area contributed by atoms with E-state index in [0.717, 1.165) is 44.4 Å². The normalized spacial score (nSPS) is 12.5. The van der Waals surface area contributed by atoms with E-state index in [1.165, 1.54) is 0 Å². The maximum Gasteiger partial charge on any atom is 0.232 e. The molecule has 0 saturated heterocycles. The molecule has 0 rings (SSSR count). The number of nitrogens with one attached hydrogen (secondary N) is 1. The lowest BCUT2D eigenvalue weighted by molar-refractivity contribution is -0.120. The maximum absolute atomic E-state index is 11.4. The summed E-state index contributed by atoms with van der Waals surface area (Å²) in [5, 5.41) is 2.75. The lowest BCUT2D eigenvalue weighted by atomic mass is 10.2. The molecule has 0 aliphatic heterocycles. The zero-order valence-electron chi connectivity index (χ0n) is 8.83. The number of carbonyl (C=O) groups excluding carboxylic acids is 1. The summed E-state index contributed by atoms with van der Waals surface area (Å²) in [6.07, 6.45) is 5.15. The second-order valence-electron chi connectivity index (χ2n) is 3.38. The molecule has 0 aromatic carbocycles. The quantitative estimate of drug-likeness (QED) is 0.437. The molecule has 1 N–H and O–H groups in total. The van der Waals surface area contributed by atoms with Crippen molar-refractivity contribution in [3.8, 4) is 0 Å². The van der Waals surface area contributed by atoms with Gasteiger partial charge >= 0.3 is 0 Å². The van der Waals surface area contributed by atoms with Crippen LogP contribution in [0.5, 0.6) is 0 Å². The average molecular weight is 235 g/mol. The predicted molar refractivity (Wildman–Crippen MR) is 68.4 cm³/mol. The van der Waals surface area contributed by atoms with Crippen LogP contribution in [0, 0.1) is 0 Å². The summed E-state index contributed by atoms with van der Waals surface area (Å²) in [7, 11) is 0. The summed E-state index contributed by atoms with van der Waals surface area (Å²) < 4.78 is 0. The van der Waals surface area contributed by atoms with E-state index in [1.807, 2.05) is 0 Å². The third-order valence-electron chi connectivity index (χ3n) is 2.00. The van der Waals surface area contributed by atoms with E-state index in [2.05, 4.69) is 37.5 Å². The Morgan fingerprint density at radius 1 is 1.36 bits per heavy atom. The summed E-state index contributed by atoms with van der Waals surface area (Å²) in [5.74, 6) is 1.000. The molecule has 1 amide bonds. The summed E-state index contributed by atoms with van der Waals surface area (Å²) >= 11 is 8.35. The Morgan fingerprint density at radius 2 is 2.07 bits per heavy atom. The Morgan fingerprint density at radius 3 is 2.64 bits per heavy atom.